The van der Waals surface area contributed by atoms with Crippen LogP contribution in [0.3, 0.4) is 0 Å². The van der Waals surface area contributed by atoms with Crippen LogP contribution < -0.4 is 15.1 Å². The normalized spacial score (nSPS) is 14.2. The number of aryl methyl sites for hydroxylation is 2. The number of benzene rings is 1. The van der Waals surface area contributed by atoms with E-state index >= 15 is 0 Å². The van der Waals surface area contributed by atoms with E-state index in [1.807, 2.05) is 25.3 Å². The molecule has 1 aliphatic heterocycles. The molecule has 3 heterocycles. The van der Waals surface area contributed by atoms with Crippen molar-refractivity contribution in [3.05, 3.63) is 71.5 Å². The van der Waals surface area contributed by atoms with E-state index in [4.69, 9.17) is 4.98 Å². The molecule has 0 saturated carbocycles. The molecule has 1 aliphatic rings. The van der Waals surface area contributed by atoms with E-state index in [-0.39, 0.29) is 0 Å². The zero-order chi connectivity index (χ0) is 19.3. The Bertz CT molecular complexity index is 902. The van der Waals surface area contributed by atoms with E-state index < -0.39 is 0 Å². The Hall–Kier alpha value is -3.15. The molecule has 0 radical (unpaired) electrons. The fourth-order valence-electron chi connectivity index (χ4n) is 3.39. The first-order chi connectivity index (χ1) is 13.7. The van der Waals surface area contributed by atoms with Crippen LogP contribution in [-0.2, 0) is 6.54 Å². The van der Waals surface area contributed by atoms with Crippen molar-refractivity contribution in [1.82, 2.24) is 15.0 Å². The van der Waals surface area contributed by atoms with E-state index in [9.17, 15) is 0 Å². The second-order valence-electron chi connectivity index (χ2n) is 7.19. The highest BCUT2D eigenvalue weighted by Crippen LogP contribution is 2.19. The third-order valence-corrected chi connectivity index (χ3v) is 4.99. The quantitative estimate of drug-likeness (QED) is 0.738. The van der Waals surface area contributed by atoms with Crippen molar-refractivity contribution in [2.24, 2.45) is 0 Å². The van der Waals surface area contributed by atoms with Gasteiger partial charge in [-0.2, -0.15) is 4.98 Å². The number of nitrogens with zero attached hydrogens (tertiary/aromatic N) is 5. The summed E-state index contributed by atoms with van der Waals surface area (Å²) >= 11 is 0. The second kappa shape index (κ2) is 8.25. The summed E-state index contributed by atoms with van der Waals surface area (Å²) in [5.74, 6) is 2.71. The maximum absolute atomic E-state index is 4.76. The number of aromatic nitrogens is 3. The van der Waals surface area contributed by atoms with Gasteiger partial charge in [-0.05, 0) is 31.5 Å². The molecular weight excluding hydrogens is 348 g/mol. The van der Waals surface area contributed by atoms with Crippen LogP contribution in [0, 0.1) is 13.8 Å². The maximum Gasteiger partial charge on any atom is 0.225 e. The lowest BCUT2D eigenvalue weighted by Crippen LogP contribution is -2.47. The minimum atomic E-state index is 0.683. The lowest BCUT2D eigenvalue weighted by molar-refractivity contribution is 0.641. The number of piperazine rings is 1. The van der Waals surface area contributed by atoms with Gasteiger partial charge in [0.05, 0.1) is 0 Å². The van der Waals surface area contributed by atoms with Crippen molar-refractivity contribution < 1.29 is 0 Å². The summed E-state index contributed by atoms with van der Waals surface area (Å²) < 4.78 is 0. The number of rotatable bonds is 5. The number of anilines is 3. The summed E-state index contributed by atoms with van der Waals surface area (Å²) in [4.78, 5) is 18.4. The van der Waals surface area contributed by atoms with E-state index in [1.54, 1.807) is 0 Å². The highest BCUT2D eigenvalue weighted by molar-refractivity contribution is 5.48. The lowest BCUT2D eigenvalue weighted by Gasteiger charge is -2.36. The average molecular weight is 374 g/mol. The van der Waals surface area contributed by atoms with Crippen molar-refractivity contribution in [3.8, 4) is 0 Å². The van der Waals surface area contributed by atoms with Gasteiger partial charge < -0.3 is 15.1 Å². The number of nitrogens with one attached hydrogen (secondary N) is 1. The summed E-state index contributed by atoms with van der Waals surface area (Å²) in [5.41, 5.74) is 3.47. The van der Waals surface area contributed by atoms with Crippen LogP contribution in [0.15, 0.2) is 54.7 Å². The Labute approximate surface area is 166 Å². The molecule has 0 spiro atoms. The minimum Gasteiger partial charge on any atom is -0.353 e. The molecule has 4 rings (SSSR count). The van der Waals surface area contributed by atoms with Gasteiger partial charge in [0.15, 0.2) is 0 Å². The molecule has 1 N–H and O–H groups in total. The molecular formula is C22H26N6. The van der Waals surface area contributed by atoms with E-state index in [2.05, 4.69) is 68.4 Å². The molecule has 0 bridgehead atoms. The average Bonchev–Trinajstić information content (AvgIpc) is 2.74. The molecule has 0 amide bonds. The van der Waals surface area contributed by atoms with Crippen LogP contribution in [0.1, 0.15) is 16.8 Å². The molecule has 0 atom stereocenters. The number of hydrogen-bond donors (Lipinski definition) is 1. The zero-order valence-electron chi connectivity index (χ0n) is 16.5. The second-order valence-corrected chi connectivity index (χ2v) is 7.19. The largest absolute Gasteiger partial charge is 0.353 e. The molecule has 6 nitrogen and oxygen atoms in total. The molecule has 3 aromatic rings. The molecule has 6 heteroatoms. The molecule has 1 fully saturated rings. The Morgan fingerprint density at radius 1 is 0.857 bits per heavy atom. The molecule has 0 unspecified atom stereocenters. The molecule has 1 aromatic carbocycles. The SMILES string of the molecule is Cc1ccc(CNc2nc(C)cc(N3CCN(c4ccccn4)CC3)n2)cc1. The first-order valence-electron chi connectivity index (χ1n) is 9.73. The highest BCUT2D eigenvalue weighted by Gasteiger charge is 2.19. The van der Waals surface area contributed by atoms with Crippen molar-refractivity contribution in [2.45, 2.75) is 20.4 Å². The van der Waals surface area contributed by atoms with Crippen molar-refractivity contribution in [2.75, 3.05) is 41.3 Å². The Morgan fingerprint density at radius 2 is 1.57 bits per heavy atom. The number of pyridine rings is 1. The highest BCUT2D eigenvalue weighted by atomic mass is 15.3. The monoisotopic (exact) mass is 374 g/mol. The fourth-order valence-corrected chi connectivity index (χ4v) is 3.39. The molecule has 2 aromatic heterocycles. The topological polar surface area (TPSA) is 57.2 Å². The standard InChI is InChI=1S/C22H26N6/c1-17-6-8-19(9-7-17)16-24-22-25-18(2)15-21(26-22)28-13-11-27(12-14-28)20-5-3-4-10-23-20/h3-10,15H,11-14,16H2,1-2H3,(H,24,25,26). The zero-order valence-corrected chi connectivity index (χ0v) is 16.5. The van der Waals surface area contributed by atoms with Gasteiger partial charge in [0.25, 0.3) is 0 Å². The summed E-state index contributed by atoms with van der Waals surface area (Å²) in [6.07, 6.45) is 1.85. The summed E-state index contributed by atoms with van der Waals surface area (Å²) in [5, 5.41) is 3.37. The lowest BCUT2D eigenvalue weighted by atomic mass is 10.1. The van der Waals surface area contributed by atoms with E-state index in [0.29, 0.717) is 5.95 Å². The van der Waals surface area contributed by atoms with Crippen LogP contribution in [0.4, 0.5) is 17.6 Å². The van der Waals surface area contributed by atoms with Crippen molar-refractivity contribution >= 4 is 17.6 Å². The smallest absolute Gasteiger partial charge is 0.225 e. The van der Waals surface area contributed by atoms with Gasteiger partial charge in [-0.25, -0.2) is 9.97 Å². The van der Waals surface area contributed by atoms with Crippen LogP contribution in [0.25, 0.3) is 0 Å². The Morgan fingerprint density at radius 3 is 2.25 bits per heavy atom. The van der Waals surface area contributed by atoms with Gasteiger partial charge in [-0.1, -0.05) is 35.9 Å². The first kappa shape index (κ1) is 18.2. The van der Waals surface area contributed by atoms with Crippen molar-refractivity contribution in [3.63, 3.8) is 0 Å². The maximum atomic E-state index is 4.76. The minimum absolute atomic E-state index is 0.683. The number of hydrogen-bond acceptors (Lipinski definition) is 6. The molecule has 144 valence electrons. The van der Waals surface area contributed by atoms with Gasteiger partial charge in [0.1, 0.15) is 11.6 Å². The Kier molecular flexibility index (Phi) is 5.37. The molecule has 28 heavy (non-hydrogen) atoms. The predicted octanol–water partition coefficient (Wildman–Crippen LogP) is 3.43. The third-order valence-electron chi connectivity index (χ3n) is 4.99. The van der Waals surface area contributed by atoms with Gasteiger partial charge in [0.2, 0.25) is 5.95 Å². The van der Waals surface area contributed by atoms with Crippen LogP contribution in [0.2, 0.25) is 0 Å². The van der Waals surface area contributed by atoms with Gasteiger partial charge >= 0.3 is 0 Å². The molecule has 1 saturated heterocycles. The first-order valence-corrected chi connectivity index (χ1v) is 9.73. The summed E-state index contributed by atoms with van der Waals surface area (Å²) in [6.45, 7) is 8.55. The molecule has 0 aliphatic carbocycles. The Balaban J connectivity index is 1.40. The summed E-state index contributed by atoms with van der Waals surface area (Å²) in [7, 11) is 0. The van der Waals surface area contributed by atoms with Crippen molar-refractivity contribution in [1.29, 1.82) is 0 Å². The van der Waals surface area contributed by atoms with Gasteiger partial charge in [-0.15, -0.1) is 0 Å². The fraction of sp³-hybridized carbons (Fsp3) is 0.318. The van der Waals surface area contributed by atoms with Gasteiger partial charge in [0, 0.05) is 50.7 Å². The van der Waals surface area contributed by atoms with Crippen LogP contribution in [0.5, 0.6) is 0 Å². The van der Waals surface area contributed by atoms with Crippen LogP contribution in [-0.4, -0.2) is 41.1 Å². The predicted molar refractivity (Wildman–Crippen MR) is 114 cm³/mol. The van der Waals surface area contributed by atoms with Crippen LogP contribution >= 0.6 is 0 Å². The summed E-state index contributed by atoms with van der Waals surface area (Å²) in [6, 6.07) is 16.6. The van der Waals surface area contributed by atoms with Gasteiger partial charge in [-0.3, -0.25) is 0 Å². The van der Waals surface area contributed by atoms with E-state index in [1.165, 1.54) is 11.1 Å². The van der Waals surface area contributed by atoms with E-state index in [0.717, 1.165) is 50.1 Å². The third kappa shape index (κ3) is 4.39.